The second-order valence-corrected chi connectivity index (χ2v) is 23.9. The number of carbonyl (C=O) groups is 1. The van der Waals surface area contributed by atoms with Crippen LogP contribution >= 0.6 is 11.6 Å². The number of amides is 1. The number of nitrogens with zero attached hydrogens (tertiary/aromatic N) is 6. The van der Waals surface area contributed by atoms with Crippen molar-refractivity contribution in [3.05, 3.63) is 137 Å². The maximum Gasteiger partial charge on any atom is 0.385 e. The third-order valence-electron chi connectivity index (χ3n) is 14.8. The molecule has 2 aromatic heterocycles. The summed E-state index contributed by atoms with van der Waals surface area (Å²) in [6.07, 6.45) is 12.4. The van der Waals surface area contributed by atoms with Crippen LogP contribution in [0.4, 0.5) is 21.7 Å². The van der Waals surface area contributed by atoms with Crippen LogP contribution in [0.25, 0.3) is 5.69 Å². The summed E-state index contributed by atoms with van der Waals surface area (Å²) in [5, 5.41) is 10.8. The summed E-state index contributed by atoms with van der Waals surface area (Å²) in [5.41, 5.74) is 4.58. The van der Waals surface area contributed by atoms with Crippen molar-refractivity contribution in [2.45, 2.75) is 87.2 Å². The highest BCUT2D eigenvalue weighted by Gasteiger charge is 2.46. The molecule has 0 aliphatic carbocycles. The summed E-state index contributed by atoms with van der Waals surface area (Å²) < 4.78 is 120. The minimum absolute atomic E-state index is 0.155. The van der Waals surface area contributed by atoms with Crippen molar-refractivity contribution in [3.8, 4) is 17.3 Å². The van der Waals surface area contributed by atoms with E-state index < -0.39 is 36.9 Å². The van der Waals surface area contributed by atoms with Gasteiger partial charge in [-0.05, 0) is 114 Å². The number of likely N-dealkylation sites (N-methyl/N-ethyl adjacent to an activating group) is 1. The molecule has 4 N–H and O–H groups in total. The van der Waals surface area contributed by atoms with Crippen molar-refractivity contribution in [3.63, 3.8) is 0 Å². The Bertz CT molecular complexity index is 3480. The summed E-state index contributed by atoms with van der Waals surface area (Å²) >= 11 is 6.18. The van der Waals surface area contributed by atoms with Crippen LogP contribution in [0.2, 0.25) is 5.02 Å². The number of allylic oxidation sites excluding steroid dienone is 6. The van der Waals surface area contributed by atoms with Crippen LogP contribution in [0.1, 0.15) is 70.8 Å². The summed E-state index contributed by atoms with van der Waals surface area (Å²) in [7, 11) is -7.34. The van der Waals surface area contributed by atoms with Gasteiger partial charge in [0.15, 0.2) is 11.8 Å². The van der Waals surface area contributed by atoms with Crippen LogP contribution in [0, 0.1) is 5.82 Å². The topological polar surface area (TPSA) is 248 Å². The van der Waals surface area contributed by atoms with Crippen molar-refractivity contribution in [2.24, 2.45) is 0 Å². The molecule has 21 nitrogen and oxygen atoms in total. The van der Waals surface area contributed by atoms with Gasteiger partial charge in [0.25, 0.3) is 20.2 Å². The van der Waals surface area contributed by atoms with Crippen molar-refractivity contribution < 1.29 is 72.7 Å². The molecule has 0 radical (unpaired) electrons. The lowest BCUT2D eigenvalue weighted by Gasteiger charge is -2.35. The number of pyridine rings is 1. The number of H-pyrrole nitrogens is 1. The van der Waals surface area contributed by atoms with E-state index in [1.807, 2.05) is 71.3 Å². The lowest BCUT2D eigenvalue weighted by Crippen LogP contribution is -2.58. The van der Waals surface area contributed by atoms with Crippen LogP contribution < -0.4 is 29.2 Å². The van der Waals surface area contributed by atoms with Gasteiger partial charge in [0, 0.05) is 65.2 Å². The van der Waals surface area contributed by atoms with Crippen LogP contribution in [0.5, 0.6) is 11.6 Å². The molecule has 1 fully saturated rings. The first kappa shape index (κ1) is 62.4. The lowest BCUT2D eigenvalue weighted by atomic mass is 9.77. The highest BCUT2D eigenvalue weighted by Crippen LogP contribution is 2.51. The monoisotopic (exact) mass is 1210 g/mol. The highest BCUT2D eigenvalue weighted by molar-refractivity contribution is 7.86. The Labute approximate surface area is 488 Å². The first-order valence-electron chi connectivity index (χ1n) is 27.3. The molecular weight excluding hydrogens is 1140 g/mol. The average Bonchev–Trinajstić information content (AvgIpc) is 1.97. The van der Waals surface area contributed by atoms with E-state index in [4.69, 9.17) is 40.0 Å². The molecule has 0 saturated carbocycles. The van der Waals surface area contributed by atoms with Crippen molar-refractivity contribution >= 4 is 60.8 Å². The van der Waals surface area contributed by atoms with Gasteiger partial charge in [-0.2, -0.15) is 31.1 Å². The SMILES string of the molecule is CCN1\C(=C/C=C/C=C/C2=[N+](CC)c3cc(S(=O)(=O)O)ccc3C2(C)C)C(C)(CCCC(=O)NCCOCCOCCOCCOCc2[nH]nc(N3CC(Oc4ccc(F)cc4Cl)C3)[n+]2-c2ccc(OC)nc2)c2cc(S(=O)(=O)O)ccc21. The van der Waals surface area contributed by atoms with Gasteiger partial charge in [-0.15, -0.1) is 0 Å². The molecule has 1 unspecified atom stereocenters. The van der Waals surface area contributed by atoms with E-state index in [1.54, 1.807) is 31.5 Å². The quantitative estimate of drug-likeness (QED) is 0.0151. The van der Waals surface area contributed by atoms with Crippen LogP contribution in [0.15, 0.2) is 119 Å². The summed E-state index contributed by atoms with van der Waals surface area (Å²) in [4.78, 5) is 21.2. The van der Waals surface area contributed by atoms with E-state index in [0.29, 0.717) is 114 Å². The molecule has 0 bridgehead atoms. The number of ether oxygens (including phenoxy) is 6. The summed E-state index contributed by atoms with van der Waals surface area (Å²) in [6.45, 7) is 15.1. The van der Waals surface area contributed by atoms with Gasteiger partial charge >= 0.3 is 5.95 Å². The van der Waals surface area contributed by atoms with Crippen LogP contribution in [0.3, 0.4) is 0 Å². The fourth-order valence-corrected chi connectivity index (χ4v) is 11.8. The average molecular weight is 1210 g/mol. The zero-order chi connectivity index (χ0) is 59.5. The molecule has 3 aromatic carbocycles. The van der Waals surface area contributed by atoms with Gasteiger partial charge in [-0.3, -0.25) is 18.8 Å². The first-order chi connectivity index (χ1) is 39.7. The van der Waals surface area contributed by atoms with Gasteiger partial charge in [-0.25, -0.2) is 9.37 Å². The Morgan fingerprint density at radius 2 is 1.55 bits per heavy atom. The molecule has 1 atom stereocenters. The number of benzene rings is 3. The maximum absolute atomic E-state index is 13.5. The molecule has 3 aliphatic heterocycles. The maximum atomic E-state index is 13.5. The van der Waals surface area contributed by atoms with Crippen LogP contribution in [-0.4, -0.2) is 150 Å². The number of hydrogen-bond donors (Lipinski definition) is 4. The highest BCUT2D eigenvalue weighted by atomic mass is 35.5. The third-order valence-corrected chi connectivity index (χ3v) is 16.8. The molecule has 1 amide bonds. The van der Waals surface area contributed by atoms with E-state index >= 15 is 0 Å². The molecule has 0 spiro atoms. The number of anilines is 2. The number of hydrogen-bond acceptors (Lipinski definition) is 15. The number of rotatable bonds is 30. The number of fused-ring (bicyclic) bond motifs is 2. The second-order valence-electron chi connectivity index (χ2n) is 20.6. The van der Waals surface area contributed by atoms with E-state index in [1.165, 1.54) is 42.5 Å². The fourth-order valence-electron chi connectivity index (χ4n) is 10.6. The van der Waals surface area contributed by atoms with E-state index in [9.17, 15) is 35.1 Å². The first-order valence-corrected chi connectivity index (χ1v) is 30.6. The normalized spacial score (nSPS) is 17.5. The number of aromatic amines is 1. The molecule has 1 saturated heterocycles. The molecule has 446 valence electrons. The van der Waals surface area contributed by atoms with Crippen molar-refractivity contribution in [1.82, 2.24) is 20.5 Å². The minimum Gasteiger partial charge on any atom is -0.483 e. The van der Waals surface area contributed by atoms with Gasteiger partial charge in [0.05, 0.1) is 88.0 Å². The number of methoxy groups -OCH3 is 1. The zero-order valence-corrected chi connectivity index (χ0v) is 49.7. The van der Waals surface area contributed by atoms with E-state index in [0.717, 1.165) is 33.9 Å². The van der Waals surface area contributed by atoms with Crippen LogP contribution in [-0.2, 0) is 61.4 Å². The third kappa shape index (κ3) is 14.8. The molecule has 25 heteroatoms. The Hall–Kier alpha value is -6.61. The number of carbonyl (C=O) groups excluding carboxylic acids is 1. The van der Waals surface area contributed by atoms with Gasteiger partial charge in [-0.1, -0.05) is 29.8 Å². The van der Waals surface area contributed by atoms with E-state index in [2.05, 4.69) is 39.2 Å². The Morgan fingerprint density at radius 1 is 0.867 bits per heavy atom. The zero-order valence-electron chi connectivity index (χ0n) is 47.3. The Balaban J connectivity index is 0.745. The molecular formula is C58H72ClFN8O13S2+2. The predicted octanol–water partition coefficient (Wildman–Crippen LogP) is 7.39. The van der Waals surface area contributed by atoms with Crippen molar-refractivity contribution in [1.29, 1.82) is 0 Å². The predicted molar refractivity (Wildman–Crippen MR) is 309 cm³/mol. The van der Waals surface area contributed by atoms with Gasteiger partial charge in [0.1, 0.15) is 35.3 Å². The van der Waals surface area contributed by atoms with Gasteiger partial charge < -0.3 is 38.6 Å². The Morgan fingerprint density at radius 3 is 2.20 bits per heavy atom. The second kappa shape index (κ2) is 27.4. The smallest absolute Gasteiger partial charge is 0.385 e. The fraction of sp³-hybridized carbons (Fsp3) is 0.431. The van der Waals surface area contributed by atoms with Gasteiger partial charge in [0.2, 0.25) is 23.3 Å². The van der Waals surface area contributed by atoms with Crippen molar-refractivity contribution in [2.75, 3.05) is 95.9 Å². The number of halogens is 2. The lowest BCUT2D eigenvalue weighted by molar-refractivity contribution is -0.595. The molecule has 83 heavy (non-hydrogen) atoms. The number of aromatic nitrogens is 4. The summed E-state index contributed by atoms with van der Waals surface area (Å²) in [6, 6.07) is 16.9. The number of nitrogens with one attached hydrogen (secondary N) is 2. The molecule has 8 rings (SSSR count). The molecule has 3 aliphatic rings. The largest absolute Gasteiger partial charge is 0.483 e. The van der Waals surface area contributed by atoms with E-state index in [-0.39, 0.29) is 46.5 Å². The molecule has 5 heterocycles. The Kier molecular flexibility index (Phi) is 20.6. The summed E-state index contributed by atoms with van der Waals surface area (Å²) in [5.74, 6) is 1.60. The standard InChI is InChI=1S/C58H70ClFN8O13S2/c1-7-66-48-21-19-43(82(70,71)72)34-46(48)58(5,52(66)14-11-9-10-13-51-57(3,4)45-20-18-44(83(73,74)75)35-49(45)67(51)8-2)24-12-15-54(69)61-25-26-77-27-28-78-29-30-79-31-32-80-39-53-63-64-56(68(53)41-17-23-55(76-6)62-36-41)65-37-42(38-65)81-50-22-16-40(60)33-47(50)59/h9-11,13-14,16-23,33-36,42H,7-8,12,15,24-32,37-39H2,1-6H3,(H2-,61,69,70,71,72,73,74,75)/p+2. The minimum atomic E-state index is -4.50. The molecule has 5 aromatic rings.